The lowest BCUT2D eigenvalue weighted by molar-refractivity contribution is -0.122. The molecule has 0 aromatic heterocycles. The molecule has 1 heterocycles. The maximum atomic E-state index is 11.9. The predicted octanol–water partition coefficient (Wildman–Crippen LogP) is 3.54. The second-order valence-corrected chi connectivity index (χ2v) is 5.54. The van der Waals surface area contributed by atoms with E-state index in [4.69, 9.17) is 12.2 Å². The third-order valence-electron chi connectivity index (χ3n) is 2.60. The summed E-state index contributed by atoms with van der Waals surface area (Å²) in [6.07, 6.45) is 4.30. The zero-order valence-electron chi connectivity index (χ0n) is 10.6. The summed E-state index contributed by atoms with van der Waals surface area (Å²) in [5.41, 5.74) is 0.914. The van der Waals surface area contributed by atoms with Crippen molar-refractivity contribution in [1.29, 1.82) is 0 Å². The molecule has 3 nitrogen and oxygen atoms in total. The Bertz CT molecular complexity index is 538. The molecule has 0 atom stereocenters. The molecule has 1 fully saturated rings. The molecular weight excluding hydrogens is 276 g/mol. The highest BCUT2D eigenvalue weighted by atomic mass is 32.2. The number of hydrogen-bond donors (Lipinski definition) is 0. The van der Waals surface area contributed by atoms with E-state index in [1.807, 2.05) is 43.3 Å². The molecule has 0 unspecified atom stereocenters. The number of aliphatic imine (C=N–C) groups is 1. The van der Waals surface area contributed by atoms with Gasteiger partial charge in [0.05, 0.1) is 10.6 Å². The molecule has 0 radical (unpaired) electrons. The number of nitrogens with zero attached hydrogens (tertiary/aromatic N) is 2. The van der Waals surface area contributed by atoms with Gasteiger partial charge in [0.15, 0.2) is 0 Å². The van der Waals surface area contributed by atoms with Crippen LogP contribution in [0, 0.1) is 0 Å². The summed E-state index contributed by atoms with van der Waals surface area (Å²) in [6, 6.07) is 9.72. The average Bonchev–Trinajstić information content (AvgIpc) is 2.70. The Balaban J connectivity index is 1.95. The highest BCUT2D eigenvalue weighted by Gasteiger charge is 2.29. The third-order valence-corrected chi connectivity index (χ3v) is 4.02. The van der Waals surface area contributed by atoms with Crippen LogP contribution in [-0.2, 0) is 4.79 Å². The minimum absolute atomic E-state index is 0.00520. The van der Waals surface area contributed by atoms with E-state index in [2.05, 4.69) is 4.99 Å². The second kappa shape index (κ2) is 6.63. The average molecular weight is 290 g/mol. The maximum absolute atomic E-state index is 11.9. The fourth-order valence-electron chi connectivity index (χ4n) is 1.64. The molecule has 1 aliphatic heterocycles. The van der Waals surface area contributed by atoms with Gasteiger partial charge >= 0.3 is 0 Å². The Labute approximate surface area is 122 Å². The lowest BCUT2D eigenvalue weighted by Gasteiger charge is -2.09. The Morgan fingerprint density at radius 1 is 1.37 bits per heavy atom. The predicted molar refractivity (Wildman–Crippen MR) is 84.9 cm³/mol. The van der Waals surface area contributed by atoms with Crippen molar-refractivity contribution in [1.82, 2.24) is 4.90 Å². The van der Waals surface area contributed by atoms with Gasteiger partial charge in [0.25, 0.3) is 5.91 Å². The van der Waals surface area contributed by atoms with E-state index in [-0.39, 0.29) is 5.91 Å². The number of para-hydroxylation sites is 1. The monoisotopic (exact) mass is 290 g/mol. The molecule has 5 heteroatoms. The normalized spacial score (nSPS) is 17.9. The highest BCUT2D eigenvalue weighted by Crippen LogP contribution is 2.30. The van der Waals surface area contributed by atoms with Crippen molar-refractivity contribution in [2.24, 2.45) is 4.99 Å². The van der Waals surface area contributed by atoms with Crippen LogP contribution in [0.5, 0.6) is 0 Å². The van der Waals surface area contributed by atoms with E-state index < -0.39 is 0 Å². The van der Waals surface area contributed by atoms with Crippen LogP contribution in [0.3, 0.4) is 0 Å². The van der Waals surface area contributed by atoms with Crippen LogP contribution in [-0.4, -0.2) is 27.9 Å². The molecule has 1 amide bonds. The minimum atomic E-state index is 0.00520. The van der Waals surface area contributed by atoms with Crippen molar-refractivity contribution < 1.29 is 4.79 Å². The number of allylic oxidation sites excluding steroid dienone is 1. The standard InChI is InChI=1S/C14H14N2OS2/c1-2-16-13(17)12(19-14(16)18)9-6-10-15-11-7-4-3-5-8-11/h3-5,7-10H,2,6H2,1H3. The zero-order valence-corrected chi connectivity index (χ0v) is 12.2. The summed E-state index contributed by atoms with van der Waals surface area (Å²) in [5, 5.41) is 0. The molecule has 1 aromatic rings. The second-order valence-electron chi connectivity index (χ2n) is 3.87. The molecule has 0 aliphatic carbocycles. The van der Waals surface area contributed by atoms with Crippen LogP contribution >= 0.6 is 24.0 Å². The Morgan fingerprint density at radius 3 is 2.74 bits per heavy atom. The maximum Gasteiger partial charge on any atom is 0.265 e. The number of rotatable bonds is 4. The Hall–Kier alpha value is -1.46. The SMILES string of the molecule is CCN1C(=O)C(=CCC=Nc2ccccc2)SC1=S. The van der Waals surface area contributed by atoms with E-state index >= 15 is 0 Å². The fourth-order valence-corrected chi connectivity index (χ4v) is 3.01. The van der Waals surface area contributed by atoms with Crippen molar-refractivity contribution in [3.05, 3.63) is 41.3 Å². The number of likely N-dealkylation sites (N-methyl/N-ethyl adjacent to an activating group) is 1. The number of benzene rings is 1. The van der Waals surface area contributed by atoms with Gasteiger partial charge in [-0.25, -0.2) is 0 Å². The molecule has 19 heavy (non-hydrogen) atoms. The first-order valence-electron chi connectivity index (χ1n) is 6.03. The molecule has 1 aromatic carbocycles. The number of thioether (sulfide) groups is 1. The van der Waals surface area contributed by atoms with Crippen molar-refractivity contribution in [2.45, 2.75) is 13.3 Å². The number of carbonyl (C=O) groups excluding carboxylic acids is 1. The van der Waals surface area contributed by atoms with Crippen LogP contribution in [0.4, 0.5) is 5.69 Å². The lowest BCUT2D eigenvalue weighted by Crippen LogP contribution is -2.27. The van der Waals surface area contributed by atoms with Gasteiger partial charge in [-0.05, 0) is 19.1 Å². The number of amides is 1. The van der Waals surface area contributed by atoms with E-state index in [9.17, 15) is 4.79 Å². The van der Waals surface area contributed by atoms with Crippen molar-refractivity contribution >= 4 is 46.1 Å². The summed E-state index contributed by atoms with van der Waals surface area (Å²) in [4.78, 5) is 18.5. The summed E-state index contributed by atoms with van der Waals surface area (Å²) < 4.78 is 0.638. The van der Waals surface area contributed by atoms with Gasteiger partial charge in [-0.2, -0.15) is 0 Å². The first kappa shape index (κ1) is 14.0. The molecule has 0 N–H and O–H groups in total. The summed E-state index contributed by atoms with van der Waals surface area (Å²) in [7, 11) is 0. The van der Waals surface area contributed by atoms with Gasteiger partial charge < -0.3 is 0 Å². The van der Waals surface area contributed by atoms with Crippen molar-refractivity contribution in [2.75, 3.05) is 6.54 Å². The molecule has 2 rings (SSSR count). The van der Waals surface area contributed by atoms with E-state index in [1.54, 1.807) is 11.1 Å². The number of hydrogen-bond acceptors (Lipinski definition) is 4. The molecule has 0 spiro atoms. The molecule has 0 bridgehead atoms. The van der Waals surface area contributed by atoms with Crippen LogP contribution in [0.1, 0.15) is 13.3 Å². The van der Waals surface area contributed by atoms with Gasteiger partial charge in [-0.3, -0.25) is 14.7 Å². The number of carbonyl (C=O) groups is 1. The van der Waals surface area contributed by atoms with E-state index in [1.165, 1.54) is 11.8 Å². The highest BCUT2D eigenvalue weighted by molar-refractivity contribution is 8.26. The molecular formula is C14H14N2OS2. The number of thiocarbonyl (C=S) groups is 1. The topological polar surface area (TPSA) is 32.7 Å². The minimum Gasteiger partial charge on any atom is -0.293 e. The van der Waals surface area contributed by atoms with Crippen molar-refractivity contribution in [3.8, 4) is 0 Å². The molecule has 1 aliphatic rings. The molecule has 1 saturated heterocycles. The summed E-state index contributed by atoms with van der Waals surface area (Å²) in [5.74, 6) is 0.00520. The fraction of sp³-hybridized carbons (Fsp3) is 0.214. The van der Waals surface area contributed by atoms with Gasteiger partial charge in [-0.1, -0.05) is 48.3 Å². The lowest BCUT2D eigenvalue weighted by atomic mass is 10.3. The van der Waals surface area contributed by atoms with Crippen LogP contribution in [0.25, 0.3) is 0 Å². The van der Waals surface area contributed by atoms with E-state index in [0.717, 1.165) is 5.69 Å². The summed E-state index contributed by atoms with van der Waals surface area (Å²) in [6.45, 7) is 2.55. The van der Waals surface area contributed by atoms with Gasteiger partial charge in [0, 0.05) is 19.2 Å². The molecule has 98 valence electrons. The summed E-state index contributed by atoms with van der Waals surface area (Å²) >= 11 is 6.50. The van der Waals surface area contributed by atoms with Crippen LogP contribution < -0.4 is 0 Å². The largest absolute Gasteiger partial charge is 0.293 e. The molecule has 0 saturated carbocycles. The van der Waals surface area contributed by atoms with Gasteiger partial charge in [-0.15, -0.1) is 0 Å². The van der Waals surface area contributed by atoms with Crippen molar-refractivity contribution in [3.63, 3.8) is 0 Å². The first-order valence-corrected chi connectivity index (χ1v) is 7.26. The third kappa shape index (κ3) is 3.52. The van der Waals surface area contributed by atoms with Crippen LogP contribution in [0.15, 0.2) is 46.3 Å². The smallest absolute Gasteiger partial charge is 0.265 e. The Kier molecular flexibility index (Phi) is 4.87. The van der Waals surface area contributed by atoms with Gasteiger partial charge in [0.1, 0.15) is 4.32 Å². The quantitative estimate of drug-likeness (QED) is 0.483. The Morgan fingerprint density at radius 2 is 2.11 bits per heavy atom. The zero-order chi connectivity index (χ0) is 13.7. The first-order chi connectivity index (χ1) is 9.22. The van der Waals surface area contributed by atoms with Gasteiger partial charge in [0.2, 0.25) is 0 Å². The van der Waals surface area contributed by atoms with E-state index in [0.29, 0.717) is 22.2 Å². The van der Waals surface area contributed by atoms with Crippen LogP contribution in [0.2, 0.25) is 0 Å².